The van der Waals surface area contributed by atoms with Gasteiger partial charge in [-0.3, -0.25) is 0 Å². The summed E-state index contributed by atoms with van der Waals surface area (Å²) in [6.07, 6.45) is 7.57. The van der Waals surface area contributed by atoms with Gasteiger partial charge in [0.2, 0.25) is 0 Å². The normalized spacial score (nSPS) is 18.2. The molecule has 3 N–H and O–H groups in total. The molecule has 0 saturated carbocycles. The van der Waals surface area contributed by atoms with Crippen molar-refractivity contribution in [1.82, 2.24) is 0 Å². The first-order chi connectivity index (χ1) is 4.29. The smallest absolute Gasteiger partial charge is 0.117 e. The predicted octanol–water partition coefficient (Wildman–Crippen LogP) is 1.23. The van der Waals surface area contributed by atoms with Crippen LogP contribution in [0, 0.1) is 0 Å². The maximum absolute atomic E-state index is 8.91. The van der Waals surface area contributed by atoms with Crippen molar-refractivity contribution in [2.24, 2.45) is 5.73 Å². The molecule has 0 aromatic heterocycles. The van der Waals surface area contributed by atoms with Gasteiger partial charge in [-0.1, -0.05) is 12.2 Å². The van der Waals surface area contributed by atoms with Gasteiger partial charge in [-0.15, -0.1) is 0 Å². The fraction of sp³-hybridized carbons (Fsp3) is 0.143. The molecule has 0 fully saturated rings. The lowest BCUT2D eigenvalue weighted by atomic mass is 10.3. The number of rotatable bonds is 0. The number of aliphatic hydroxyl groups is 1. The van der Waals surface area contributed by atoms with Crippen LogP contribution in [0.3, 0.4) is 0 Å². The third kappa shape index (κ3) is 1.64. The third-order valence-electron chi connectivity index (χ3n) is 1.09. The monoisotopic (exact) mass is 123 g/mol. The maximum Gasteiger partial charge on any atom is 0.117 e. The zero-order valence-corrected chi connectivity index (χ0v) is 5.04. The van der Waals surface area contributed by atoms with Crippen molar-refractivity contribution >= 4 is 0 Å². The second-order valence-corrected chi connectivity index (χ2v) is 1.94. The summed E-state index contributed by atoms with van der Waals surface area (Å²) in [7, 11) is 0. The van der Waals surface area contributed by atoms with Crippen LogP contribution in [0.15, 0.2) is 35.8 Å². The summed E-state index contributed by atoms with van der Waals surface area (Å²) in [6, 6.07) is 0. The highest BCUT2D eigenvalue weighted by Gasteiger charge is 1.92. The summed E-state index contributed by atoms with van der Waals surface area (Å²) in [5.41, 5.74) is 6.13. The highest BCUT2D eigenvalue weighted by atomic mass is 16.3. The average Bonchev–Trinajstić information content (AvgIpc) is 1.93. The van der Waals surface area contributed by atoms with E-state index in [9.17, 15) is 0 Å². The van der Waals surface area contributed by atoms with Crippen LogP contribution < -0.4 is 5.73 Å². The number of nitrogens with two attached hydrogens (primary N) is 1. The second kappa shape index (κ2) is 2.40. The summed E-state index contributed by atoms with van der Waals surface area (Å²) < 4.78 is 0. The molecule has 2 nitrogen and oxygen atoms in total. The van der Waals surface area contributed by atoms with Crippen molar-refractivity contribution < 1.29 is 5.11 Å². The Labute approximate surface area is 54.0 Å². The van der Waals surface area contributed by atoms with Crippen LogP contribution in [-0.4, -0.2) is 5.11 Å². The Kier molecular flexibility index (Phi) is 1.58. The van der Waals surface area contributed by atoms with Crippen molar-refractivity contribution in [3.05, 3.63) is 35.8 Å². The van der Waals surface area contributed by atoms with E-state index >= 15 is 0 Å². The number of allylic oxidation sites excluding steroid dienone is 4. The van der Waals surface area contributed by atoms with Gasteiger partial charge in [-0.2, -0.15) is 0 Å². The fourth-order valence-corrected chi connectivity index (χ4v) is 0.668. The van der Waals surface area contributed by atoms with Crippen molar-refractivity contribution in [2.45, 2.75) is 6.42 Å². The second-order valence-electron chi connectivity index (χ2n) is 1.94. The van der Waals surface area contributed by atoms with Gasteiger partial charge in [0.05, 0.1) is 0 Å². The summed E-state index contributed by atoms with van der Waals surface area (Å²) >= 11 is 0. The molecule has 0 aromatic carbocycles. The van der Waals surface area contributed by atoms with E-state index in [1.807, 2.05) is 6.08 Å². The molecule has 0 amide bonds. The van der Waals surface area contributed by atoms with E-state index in [1.165, 1.54) is 0 Å². The standard InChI is InChI=1S/C7H9NO/c8-6-3-1-2-4-7(9)5-6/h1-2,4-5,9H,3,8H2. The molecule has 0 radical (unpaired) electrons. The molecule has 1 aliphatic carbocycles. The van der Waals surface area contributed by atoms with E-state index in [4.69, 9.17) is 10.8 Å². The number of hydrogen-bond donors (Lipinski definition) is 2. The quantitative estimate of drug-likeness (QED) is 0.509. The molecule has 0 spiro atoms. The van der Waals surface area contributed by atoms with Crippen LogP contribution in [0.5, 0.6) is 0 Å². The van der Waals surface area contributed by atoms with Gasteiger partial charge in [0.25, 0.3) is 0 Å². The SMILES string of the molecule is NC1=CC(O)=CC=CC1. The molecule has 9 heavy (non-hydrogen) atoms. The molecular formula is C7H9NO. The zero-order valence-electron chi connectivity index (χ0n) is 5.04. The fourth-order valence-electron chi connectivity index (χ4n) is 0.668. The van der Waals surface area contributed by atoms with Crippen LogP contribution in [-0.2, 0) is 0 Å². The van der Waals surface area contributed by atoms with Crippen LogP contribution in [0.4, 0.5) is 0 Å². The summed E-state index contributed by atoms with van der Waals surface area (Å²) in [5, 5.41) is 8.91. The first-order valence-electron chi connectivity index (χ1n) is 2.81. The van der Waals surface area contributed by atoms with Gasteiger partial charge in [0.1, 0.15) is 5.76 Å². The van der Waals surface area contributed by atoms with Crippen molar-refractivity contribution in [3.8, 4) is 0 Å². The van der Waals surface area contributed by atoms with E-state index in [0.717, 1.165) is 6.42 Å². The Morgan fingerprint density at radius 2 is 2.33 bits per heavy atom. The van der Waals surface area contributed by atoms with E-state index < -0.39 is 0 Å². The molecule has 2 heteroatoms. The molecule has 0 aliphatic heterocycles. The van der Waals surface area contributed by atoms with Crippen LogP contribution in [0.1, 0.15) is 6.42 Å². The zero-order chi connectivity index (χ0) is 6.69. The molecule has 0 atom stereocenters. The van der Waals surface area contributed by atoms with Crippen molar-refractivity contribution in [2.75, 3.05) is 0 Å². The Bertz CT molecular complexity index is 189. The van der Waals surface area contributed by atoms with E-state index in [0.29, 0.717) is 5.70 Å². The highest BCUT2D eigenvalue weighted by molar-refractivity contribution is 5.25. The van der Waals surface area contributed by atoms with E-state index in [1.54, 1.807) is 18.2 Å². The van der Waals surface area contributed by atoms with E-state index in [-0.39, 0.29) is 5.76 Å². The van der Waals surface area contributed by atoms with Gasteiger partial charge >= 0.3 is 0 Å². The number of hydrogen-bond acceptors (Lipinski definition) is 2. The van der Waals surface area contributed by atoms with Crippen LogP contribution in [0.25, 0.3) is 0 Å². The molecule has 0 heterocycles. The van der Waals surface area contributed by atoms with Gasteiger partial charge in [0.15, 0.2) is 0 Å². The average molecular weight is 123 g/mol. The first kappa shape index (κ1) is 5.95. The topological polar surface area (TPSA) is 46.2 Å². The number of aliphatic hydroxyl groups excluding tert-OH is 1. The third-order valence-corrected chi connectivity index (χ3v) is 1.09. The maximum atomic E-state index is 8.91. The van der Waals surface area contributed by atoms with Crippen LogP contribution in [0.2, 0.25) is 0 Å². The molecule has 0 saturated heterocycles. The van der Waals surface area contributed by atoms with E-state index in [2.05, 4.69) is 0 Å². The van der Waals surface area contributed by atoms with Gasteiger partial charge in [-0.25, -0.2) is 0 Å². The Morgan fingerprint density at radius 3 is 3.11 bits per heavy atom. The predicted molar refractivity (Wildman–Crippen MR) is 36.7 cm³/mol. The largest absolute Gasteiger partial charge is 0.508 e. The minimum absolute atomic E-state index is 0.223. The lowest BCUT2D eigenvalue weighted by molar-refractivity contribution is 0.432. The van der Waals surface area contributed by atoms with Gasteiger partial charge in [0, 0.05) is 12.1 Å². The summed E-state index contributed by atoms with van der Waals surface area (Å²) in [6.45, 7) is 0. The Balaban J connectivity index is 2.82. The molecule has 0 aromatic rings. The van der Waals surface area contributed by atoms with Crippen LogP contribution >= 0.6 is 0 Å². The first-order valence-corrected chi connectivity index (χ1v) is 2.81. The van der Waals surface area contributed by atoms with Crippen molar-refractivity contribution in [3.63, 3.8) is 0 Å². The molecule has 0 bridgehead atoms. The van der Waals surface area contributed by atoms with Gasteiger partial charge in [-0.05, 0) is 12.2 Å². The highest BCUT2D eigenvalue weighted by Crippen LogP contribution is 2.04. The minimum Gasteiger partial charge on any atom is -0.508 e. The molecule has 0 unspecified atom stereocenters. The Hall–Kier alpha value is -1.18. The van der Waals surface area contributed by atoms with Crippen molar-refractivity contribution in [1.29, 1.82) is 0 Å². The molecular weight excluding hydrogens is 114 g/mol. The molecule has 1 rings (SSSR count). The molecule has 1 aliphatic rings. The lowest BCUT2D eigenvalue weighted by Gasteiger charge is -1.91. The lowest BCUT2D eigenvalue weighted by Crippen LogP contribution is -1.94. The van der Waals surface area contributed by atoms with Gasteiger partial charge < -0.3 is 10.8 Å². The summed E-state index contributed by atoms with van der Waals surface area (Å²) in [5.74, 6) is 0.223. The molecule has 48 valence electrons. The minimum atomic E-state index is 0.223. The summed E-state index contributed by atoms with van der Waals surface area (Å²) in [4.78, 5) is 0. The Morgan fingerprint density at radius 1 is 1.56 bits per heavy atom.